The van der Waals surface area contributed by atoms with Gasteiger partial charge in [-0.3, -0.25) is 4.57 Å². The standard InChI is InChI=1S/C26H25N7OS/c1-2-20-13-15-23(16-14-20)34-18-24-27-29-26(32(24)17-21-9-5-3-6-10-21)35-19-25-28-30-31-33(25)22-11-7-4-8-12-22/h3-16H,2,17-19H2,1H3. The highest BCUT2D eigenvalue weighted by molar-refractivity contribution is 7.98. The number of aromatic nitrogens is 7. The highest BCUT2D eigenvalue weighted by Crippen LogP contribution is 2.24. The van der Waals surface area contributed by atoms with Crippen molar-refractivity contribution in [1.29, 1.82) is 0 Å². The van der Waals surface area contributed by atoms with Crippen molar-refractivity contribution in [1.82, 2.24) is 35.0 Å². The Kier molecular flexibility index (Phi) is 7.14. The highest BCUT2D eigenvalue weighted by Gasteiger charge is 2.16. The van der Waals surface area contributed by atoms with Crippen LogP contribution >= 0.6 is 11.8 Å². The number of thioether (sulfide) groups is 1. The van der Waals surface area contributed by atoms with Gasteiger partial charge in [0.2, 0.25) is 0 Å². The molecule has 0 radical (unpaired) electrons. The second-order valence-electron chi connectivity index (χ2n) is 7.89. The van der Waals surface area contributed by atoms with Crippen molar-refractivity contribution >= 4 is 11.8 Å². The van der Waals surface area contributed by atoms with Gasteiger partial charge >= 0.3 is 0 Å². The SMILES string of the molecule is CCc1ccc(OCc2nnc(SCc3nnnn3-c3ccccc3)n2Cc2ccccc2)cc1. The summed E-state index contributed by atoms with van der Waals surface area (Å²) in [5.41, 5.74) is 3.36. The van der Waals surface area contributed by atoms with Gasteiger partial charge < -0.3 is 4.74 Å². The van der Waals surface area contributed by atoms with Crippen LogP contribution in [0.15, 0.2) is 90.1 Å². The van der Waals surface area contributed by atoms with Crippen molar-refractivity contribution < 1.29 is 4.74 Å². The predicted octanol–water partition coefficient (Wildman–Crippen LogP) is 4.74. The average Bonchev–Trinajstić information content (AvgIpc) is 3.54. The molecule has 0 saturated heterocycles. The number of nitrogens with zero attached hydrogens (tertiary/aromatic N) is 7. The molecule has 0 aliphatic carbocycles. The van der Waals surface area contributed by atoms with Crippen molar-refractivity contribution in [2.24, 2.45) is 0 Å². The topological polar surface area (TPSA) is 83.5 Å². The Labute approximate surface area is 208 Å². The van der Waals surface area contributed by atoms with Gasteiger partial charge in [0.25, 0.3) is 0 Å². The Morgan fingerprint density at radius 3 is 2.26 bits per heavy atom. The first kappa shape index (κ1) is 22.8. The average molecular weight is 484 g/mol. The van der Waals surface area contributed by atoms with Gasteiger partial charge in [-0.2, -0.15) is 4.68 Å². The molecule has 2 heterocycles. The van der Waals surface area contributed by atoms with Crippen LogP contribution in [0.5, 0.6) is 5.75 Å². The molecule has 0 spiro atoms. The molecule has 0 bridgehead atoms. The van der Waals surface area contributed by atoms with Crippen molar-refractivity contribution in [3.05, 3.63) is 108 Å². The molecule has 0 aliphatic heterocycles. The summed E-state index contributed by atoms with van der Waals surface area (Å²) in [6.45, 7) is 3.11. The lowest BCUT2D eigenvalue weighted by Gasteiger charge is -2.11. The number of aryl methyl sites for hydroxylation is 1. The number of benzene rings is 3. The normalized spacial score (nSPS) is 11.0. The lowest BCUT2D eigenvalue weighted by Crippen LogP contribution is -2.10. The van der Waals surface area contributed by atoms with Crippen LogP contribution < -0.4 is 4.74 Å². The molecule has 2 aromatic heterocycles. The zero-order valence-electron chi connectivity index (χ0n) is 19.4. The number of rotatable bonds is 10. The Morgan fingerprint density at radius 1 is 0.771 bits per heavy atom. The second kappa shape index (κ2) is 11.0. The molecule has 9 heteroatoms. The maximum absolute atomic E-state index is 6.04. The molecule has 8 nitrogen and oxygen atoms in total. The highest BCUT2D eigenvalue weighted by atomic mass is 32.2. The first-order chi connectivity index (χ1) is 17.3. The van der Waals surface area contributed by atoms with Crippen LogP contribution in [0.4, 0.5) is 0 Å². The number of para-hydroxylation sites is 1. The van der Waals surface area contributed by atoms with E-state index in [0.717, 1.165) is 40.2 Å². The molecule has 176 valence electrons. The fourth-order valence-corrected chi connectivity index (χ4v) is 4.48. The van der Waals surface area contributed by atoms with Crippen molar-refractivity contribution in [2.75, 3.05) is 0 Å². The third kappa shape index (κ3) is 5.58. The van der Waals surface area contributed by atoms with Gasteiger partial charge in [0.1, 0.15) is 12.4 Å². The van der Waals surface area contributed by atoms with Crippen LogP contribution in [0, 0.1) is 0 Å². The second-order valence-corrected chi connectivity index (χ2v) is 8.83. The minimum absolute atomic E-state index is 0.327. The fourth-order valence-electron chi connectivity index (χ4n) is 3.62. The minimum Gasteiger partial charge on any atom is -0.486 e. The van der Waals surface area contributed by atoms with E-state index in [9.17, 15) is 0 Å². The van der Waals surface area contributed by atoms with E-state index in [1.54, 1.807) is 16.4 Å². The summed E-state index contributed by atoms with van der Waals surface area (Å²) >= 11 is 1.55. The van der Waals surface area contributed by atoms with Gasteiger partial charge in [-0.05, 0) is 52.2 Å². The zero-order valence-corrected chi connectivity index (χ0v) is 20.2. The summed E-state index contributed by atoms with van der Waals surface area (Å²) in [6.07, 6.45) is 1.000. The summed E-state index contributed by atoms with van der Waals surface area (Å²) in [5.74, 6) is 2.87. The van der Waals surface area contributed by atoms with Crippen LogP contribution in [0.2, 0.25) is 0 Å². The Bertz CT molecular complexity index is 1350. The third-order valence-corrected chi connectivity index (χ3v) is 6.50. The minimum atomic E-state index is 0.327. The Morgan fingerprint density at radius 2 is 1.51 bits per heavy atom. The van der Waals surface area contributed by atoms with E-state index in [1.807, 2.05) is 60.7 Å². The monoisotopic (exact) mass is 483 g/mol. The van der Waals surface area contributed by atoms with Gasteiger partial charge in [0, 0.05) is 0 Å². The zero-order chi connectivity index (χ0) is 23.9. The summed E-state index contributed by atoms with van der Waals surface area (Å²) < 4.78 is 9.88. The fraction of sp³-hybridized carbons (Fsp3) is 0.192. The van der Waals surface area contributed by atoms with E-state index < -0.39 is 0 Å². The van der Waals surface area contributed by atoms with E-state index in [0.29, 0.717) is 18.9 Å². The van der Waals surface area contributed by atoms with Crippen LogP contribution in [-0.2, 0) is 25.3 Å². The molecular weight excluding hydrogens is 458 g/mol. The summed E-state index contributed by atoms with van der Waals surface area (Å²) in [7, 11) is 0. The molecule has 0 amide bonds. The van der Waals surface area contributed by atoms with E-state index in [2.05, 4.69) is 61.5 Å². The third-order valence-electron chi connectivity index (χ3n) is 5.54. The molecule has 0 N–H and O–H groups in total. The summed E-state index contributed by atoms with van der Waals surface area (Å²) in [6, 6.07) is 28.3. The van der Waals surface area contributed by atoms with E-state index >= 15 is 0 Å². The lowest BCUT2D eigenvalue weighted by atomic mass is 10.2. The molecule has 3 aromatic carbocycles. The van der Waals surface area contributed by atoms with Gasteiger partial charge in [0.05, 0.1) is 18.0 Å². The van der Waals surface area contributed by atoms with Gasteiger partial charge in [-0.1, -0.05) is 79.3 Å². The van der Waals surface area contributed by atoms with Crippen LogP contribution in [-0.4, -0.2) is 35.0 Å². The van der Waals surface area contributed by atoms with Crippen LogP contribution in [0.1, 0.15) is 29.7 Å². The Balaban J connectivity index is 1.35. The van der Waals surface area contributed by atoms with Crippen LogP contribution in [0.3, 0.4) is 0 Å². The molecule has 5 rings (SSSR count). The maximum Gasteiger partial charge on any atom is 0.192 e. The Hall–Kier alpha value is -3.98. The molecule has 0 atom stereocenters. The van der Waals surface area contributed by atoms with Crippen molar-refractivity contribution in [2.45, 2.75) is 37.4 Å². The number of hydrogen-bond donors (Lipinski definition) is 0. The molecule has 0 fully saturated rings. The van der Waals surface area contributed by atoms with Crippen molar-refractivity contribution in [3.63, 3.8) is 0 Å². The van der Waals surface area contributed by atoms with E-state index in [1.165, 1.54) is 5.56 Å². The first-order valence-corrected chi connectivity index (χ1v) is 12.4. The summed E-state index contributed by atoms with van der Waals surface area (Å²) in [5, 5.41) is 21.9. The molecule has 35 heavy (non-hydrogen) atoms. The van der Waals surface area contributed by atoms with Gasteiger partial charge in [-0.25, -0.2) is 0 Å². The molecule has 0 saturated carbocycles. The van der Waals surface area contributed by atoms with Crippen LogP contribution in [0.25, 0.3) is 5.69 Å². The largest absolute Gasteiger partial charge is 0.486 e. The molecular formula is C26H25N7OS. The molecule has 5 aromatic rings. The number of hydrogen-bond acceptors (Lipinski definition) is 7. The summed E-state index contributed by atoms with van der Waals surface area (Å²) in [4.78, 5) is 0. The first-order valence-electron chi connectivity index (χ1n) is 11.4. The van der Waals surface area contributed by atoms with E-state index in [4.69, 9.17) is 4.74 Å². The maximum atomic E-state index is 6.04. The van der Waals surface area contributed by atoms with Crippen molar-refractivity contribution in [3.8, 4) is 11.4 Å². The van der Waals surface area contributed by atoms with Gasteiger partial charge in [0.15, 0.2) is 16.8 Å². The lowest BCUT2D eigenvalue weighted by molar-refractivity contribution is 0.289. The molecule has 0 aliphatic rings. The molecule has 0 unspecified atom stereocenters. The number of tetrazole rings is 1. The smallest absolute Gasteiger partial charge is 0.192 e. The van der Waals surface area contributed by atoms with E-state index in [-0.39, 0.29) is 0 Å². The number of ether oxygens (including phenoxy) is 1. The quantitative estimate of drug-likeness (QED) is 0.265. The predicted molar refractivity (Wildman–Crippen MR) is 134 cm³/mol. The van der Waals surface area contributed by atoms with Gasteiger partial charge in [-0.15, -0.1) is 15.3 Å².